The molecule has 118 valence electrons. The SMILES string of the molecule is CNCCC1CCN(c2ccc(C(F)(F)F)cc2Br)CC1. The molecule has 1 aromatic rings. The van der Waals surface area contributed by atoms with Crippen molar-refractivity contribution in [3.8, 4) is 0 Å². The summed E-state index contributed by atoms with van der Waals surface area (Å²) in [6, 6.07) is 3.90. The first-order valence-corrected chi connectivity index (χ1v) is 7.97. The quantitative estimate of drug-likeness (QED) is 0.856. The minimum Gasteiger partial charge on any atom is -0.371 e. The molecule has 0 atom stereocenters. The Morgan fingerprint density at radius 2 is 1.95 bits per heavy atom. The van der Waals surface area contributed by atoms with Gasteiger partial charge in [-0.25, -0.2) is 0 Å². The average molecular weight is 365 g/mol. The van der Waals surface area contributed by atoms with Crippen molar-refractivity contribution in [2.75, 3.05) is 31.6 Å². The van der Waals surface area contributed by atoms with Crippen LogP contribution in [-0.2, 0) is 6.18 Å². The van der Waals surface area contributed by atoms with Crippen molar-refractivity contribution in [3.05, 3.63) is 28.2 Å². The van der Waals surface area contributed by atoms with Crippen molar-refractivity contribution in [2.24, 2.45) is 5.92 Å². The zero-order valence-corrected chi connectivity index (χ0v) is 13.6. The molecule has 2 rings (SSSR count). The van der Waals surface area contributed by atoms with Gasteiger partial charge in [0.05, 0.1) is 11.3 Å². The molecule has 0 bridgehead atoms. The maximum Gasteiger partial charge on any atom is 0.416 e. The molecule has 0 unspecified atom stereocenters. The van der Waals surface area contributed by atoms with Gasteiger partial charge in [0.2, 0.25) is 0 Å². The number of alkyl halides is 3. The topological polar surface area (TPSA) is 15.3 Å². The van der Waals surface area contributed by atoms with Crippen molar-refractivity contribution in [1.82, 2.24) is 5.32 Å². The van der Waals surface area contributed by atoms with Gasteiger partial charge >= 0.3 is 6.18 Å². The first kappa shape index (κ1) is 16.6. The number of piperidine rings is 1. The lowest BCUT2D eigenvalue weighted by Crippen LogP contribution is -2.34. The Bertz CT molecular complexity index is 468. The molecule has 1 aromatic carbocycles. The van der Waals surface area contributed by atoms with E-state index in [1.807, 2.05) is 7.05 Å². The van der Waals surface area contributed by atoms with E-state index in [0.29, 0.717) is 10.4 Å². The van der Waals surface area contributed by atoms with E-state index in [9.17, 15) is 13.2 Å². The van der Waals surface area contributed by atoms with Crippen molar-refractivity contribution < 1.29 is 13.2 Å². The van der Waals surface area contributed by atoms with Gasteiger partial charge in [0, 0.05) is 17.6 Å². The van der Waals surface area contributed by atoms with Gasteiger partial charge in [-0.2, -0.15) is 13.2 Å². The molecule has 1 aliphatic rings. The van der Waals surface area contributed by atoms with E-state index < -0.39 is 11.7 Å². The van der Waals surface area contributed by atoms with Crippen LogP contribution in [0.15, 0.2) is 22.7 Å². The maximum absolute atomic E-state index is 12.7. The fourth-order valence-corrected chi connectivity index (χ4v) is 3.38. The second-order valence-corrected chi connectivity index (χ2v) is 6.34. The lowest BCUT2D eigenvalue weighted by Gasteiger charge is -2.34. The summed E-state index contributed by atoms with van der Waals surface area (Å²) in [6.07, 6.45) is -0.940. The fourth-order valence-electron chi connectivity index (χ4n) is 2.75. The van der Waals surface area contributed by atoms with Crippen LogP contribution in [0, 0.1) is 5.92 Å². The molecule has 0 amide bonds. The third-order valence-corrected chi connectivity index (χ3v) is 4.67. The van der Waals surface area contributed by atoms with Crippen molar-refractivity contribution in [3.63, 3.8) is 0 Å². The summed E-state index contributed by atoms with van der Waals surface area (Å²) in [5, 5.41) is 3.16. The average Bonchev–Trinajstić information content (AvgIpc) is 2.45. The second-order valence-electron chi connectivity index (χ2n) is 5.49. The highest BCUT2D eigenvalue weighted by Crippen LogP contribution is 2.36. The third kappa shape index (κ3) is 4.36. The molecule has 0 aromatic heterocycles. The van der Waals surface area contributed by atoms with Crippen LogP contribution in [0.3, 0.4) is 0 Å². The molecule has 0 aliphatic carbocycles. The van der Waals surface area contributed by atoms with Crippen LogP contribution >= 0.6 is 15.9 Å². The molecule has 0 saturated carbocycles. The molecular formula is C15H20BrF3N2. The van der Waals surface area contributed by atoms with Crippen LogP contribution < -0.4 is 10.2 Å². The highest BCUT2D eigenvalue weighted by atomic mass is 79.9. The Hall–Kier alpha value is -0.750. The molecule has 0 spiro atoms. The zero-order chi connectivity index (χ0) is 15.5. The summed E-state index contributed by atoms with van der Waals surface area (Å²) in [6.45, 7) is 2.82. The van der Waals surface area contributed by atoms with Crippen LogP contribution in [0.5, 0.6) is 0 Å². The van der Waals surface area contributed by atoms with Crippen molar-refractivity contribution in [1.29, 1.82) is 0 Å². The molecule has 1 N–H and O–H groups in total. The standard InChI is InChI=1S/C15H20BrF3N2/c1-20-7-4-11-5-8-21(9-6-11)14-3-2-12(10-13(14)16)15(17,18)19/h2-3,10-11,20H,4-9H2,1H3. The number of halogens is 4. The van der Waals surface area contributed by atoms with Gasteiger partial charge in [-0.1, -0.05) is 0 Å². The largest absolute Gasteiger partial charge is 0.416 e. The maximum atomic E-state index is 12.7. The van der Waals surface area contributed by atoms with E-state index in [0.717, 1.165) is 44.2 Å². The van der Waals surface area contributed by atoms with E-state index in [-0.39, 0.29) is 0 Å². The Balaban J connectivity index is 2.00. The highest BCUT2D eigenvalue weighted by molar-refractivity contribution is 9.10. The highest BCUT2D eigenvalue weighted by Gasteiger charge is 2.31. The molecule has 1 fully saturated rings. The van der Waals surface area contributed by atoms with Crippen LogP contribution in [0.25, 0.3) is 0 Å². The number of benzene rings is 1. The van der Waals surface area contributed by atoms with Gasteiger partial charge in [-0.3, -0.25) is 0 Å². The van der Waals surface area contributed by atoms with Gasteiger partial charge in [0.15, 0.2) is 0 Å². The van der Waals surface area contributed by atoms with Crippen molar-refractivity contribution >= 4 is 21.6 Å². The van der Waals surface area contributed by atoms with E-state index >= 15 is 0 Å². The molecule has 1 saturated heterocycles. The number of anilines is 1. The van der Waals surface area contributed by atoms with Crippen LogP contribution in [0.1, 0.15) is 24.8 Å². The Labute approximate surface area is 131 Å². The number of nitrogens with zero attached hydrogens (tertiary/aromatic N) is 1. The summed E-state index contributed by atoms with van der Waals surface area (Å²) in [5.74, 6) is 0.710. The van der Waals surface area contributed by atoms with E-state index in [1.165, 1.54) is 12.5 Å². The smallest absolute Gasteiger partial charge is 0.371 e. The van der Waals surface area contributed by atoms with E-state index in [2.05, 4.69) is 26.1 Å². The van der Waals surface area contributed by atoms with Gasteiger partial charge in [-0.15, -0.1) is 0 Å². The molecule has 6 heteroatoms. The Morgan fingerprint density at radius 1 is 1.29 bits per heavy atom. The summed E-state index contributed by atoms with van der Waals surface area (Å²) in [7, 11) is 1.95. The van der Waals surface area contributed by atoms with Gasteiger partial charge < -0.3 is 10.2 Å². The Morgan fingerprint density at radius 3 is 2.48 bits per heavy atom. The summed E-state index contributed by atoms with van der Waals surface area (Å²) < 4.78 is 38.5. The van der Waals surface area contributed by atoms with Crippen LogP contribution in [0.4, 0.5) is 18.9 Å². The van der Waals surface area contributed by atoms with Gasteiger partial charge in [-0.05, 0) is 72.9 Å². The third-order valence-electron chi connectivity index (χ3n) is 4.03. The number of nitrogens with one attached hydrogen (secondary N) is 1. The van der Waals surface area contributed by atoms with Gasteiger partial charge in [0.25, 0.3) is 0 Å². The summed E-state index contributed by atoms with van der Waals surface area (Å²) in [5.41, 5.74) is 0.247. The molecule has 21 heavy (non-hydrogen) atoms. The zero-order valence-electron chi connectivity index (χ0n) is 12.0. The summed E-state index contributed by atoms with van der Waals surface area (Å²) >= 11 is 3.28. The Kier molecular flexibility index (Phi) is 5.54. The number of rotatable bonds is 4. The molecule has 1 aliphatic heterocycles. The van der Waals surface area contributed by atoms with Crippen molar-refractivity contribution in [2.45, 2.75) is 25.4 Å². The molecule has 1 heterocycles. The molecule has 0 radical (unpaired) electrons. The minimum absolute atomic E-state index is 0.519. The van der Waals surface area contributed by atoms with E-state index in [1.54, 1.807) is 6.07 Å². The summed E-state index contributed by atoms with van der Waals surface area (Å²) in [4.78, 5) is 2.17. The first-order valence-electron chi connectivity index (χ1n) is 7.18. The van der Waals surface area contributed by atoms with E-state index in [4.69, 9.17) is 0 Å². The number of hydrogen-bond acceptors (Lipinski definition) is 2. The lowest BCUT2D eigenvalue weighted by molar-refractivity contribution is -0.137. The molecular weight excluding hydrogens is 345 g/mol. The number of hydrogen-bond donors (Lipinski definition) is 1. The minimum atomic E-state index is -4.29. The fraction of sp³-hybridized carbons (Fsp3) is 0.600. The predicted molar refractivity (Wildman–Crippen MR) is 82.6 cm³/mol. The van der Waals surface area contributed by atoms with Crippen LogP contribution in [-0.4, -0.2) is 26.7 Å². The van der Waals surface area contributed by atoms with Gasteiger partial charge in [0.1, 0.15) is 0 Å². The monoisotopic (exact) mass is 364 g/mol. The molecule has 2 nitrogen and oxygen atoms in total. The van der Waals surface area contributed by atoms with Crippen LogP contribution in [0.2, 0.25) is 0 Å². The first-order chi connectivity index (χ1) is 9.91. The predicted octanol–water partition coefficient (Wildman–Crippen LogP) is 4.29. The second kappa shape index (κ2) is 7.01. The lowest BCUT2D eigenvalue weighted by atomic mass is 9.93. The normalized spacial score (nSPS) is 17.3.